The quantitative estimate of drug-likeness (QED) is 0.442. The van der Waals surface area contributed by atoms with Gasteiger partial charge in [-0.05, 0) is 30.7 Å². The van der Waals surface area contributed by atoms with Crippen LogP contribution in [0.4, 0.5) is 13.2 Å². The van der Waals surface area contributed by atoms with Crippen LogP contribution >= 0.6 is 0 Å². The van der Waals surface area contributed by atoms with E-state index in [4.69, 9.17) is 4.52 Å². The Bertz CT molecular complexity index is 1100. The second-order valence-electron chi connectivity index (χ2n) is 6.50. The number of nitrogens with zero attached hydrogens (tertiary/aromatic N) is 4. The largest absolute Gasteiger partial charge is 0.416 e. The maximum absolute atomic E-state index is 12.7. The molecule has 5 nitrogen and oxygen atoms in total. The molecule has 0 aliphatic rings. The van der Waals surface area contributed by atoms with Gasteiger partial charge < -0.3 is 4.52 Å². The minimum atomic E-state index is -4.39. The van der Waals surface area contributed by atoms with Gasteiger partial charge in [-0.1, -0.05) is 48.8 Å². The minimum absolute atomic E-state index is 0.226. The maximum atomic E-state index is 12.7. The summed E-state index contributed by atoms with van der Waals surface area (Å²) in [5.41, 5.74) is 2.28. The summed E-state index contributed by atoms with van der Waals surface area (Å²) in [6.45, 7) is 2.06. The molecule has 0 fully saturated rings. The van der Waals surface area contributed by atoms with Crippen LogP contribution < -0.4 is 0 Å². The predicted octanol–water partition coefficient (Wildman–Crippen LogP) is 5.56. The summed E-state index contributed by atoms with van der Waals surface area (Å²) in [6, 6.07) is 14.4. The Balaban J connectivity index is 1.69. The molecule has 0 atom stereocenters. The summed E-state index contributed by atoms with van der Waals surface area (Å²) in [6.07, 6.45) is -1.07. The van der Waals surface area contributed by atoms with E-state index in [1.165, 1.54) is 12.1 Å². The molecule has 2 aromatic heterocycles. The zero-order valence-corrected chi connectivity index (χ0v) is 15.5. The first kappa shape index (κ1) is 18.9. The van der Waals surface area contributed by atoms with Crippen molar-refractivity contribution >= 4 is 0 Å². The maximum Gasteiger partial charge on any atom is 0.416 e. The van der Waals surface area contributed by atoms with Crippen LogP contribution in [0.1, 0.15) is 24.6 Å². The normalized spacial score (nSPS) is 11.7. The van der Waals surface area contributed by atoms with Gasteiger partial charge in [-0.2, -0.15) is 23.3 Å². The van der Waals surface area contributed by atoms with E-state index in [-0.39, 0.29) is 11.7 Å². The number of benzene rings is 2. The fourth-order valence-electron chi connectivity index (χ4n) is 3.08. The summed E-state index contributed by atoms with van der Waals surface area (Å²) in [5.74, 6) is 0.508. The lowest BCUT2D eigenvalue weighted by Crippen LogP contribution is -2.04. The van der Waals surface area contributed by atoms with Crippen LogP contribution in [0.5, 0.6) is 0 Å². The van der Waals surface area contributed by atoms with Crippen molar-refractivity contribution in [3.63, 3.8) is 0 Å². The summed E-state index contributed by atoms with van der Waals surface area (Å²) in [5, 5.41) is 8.40. The summed E-state index contributed by atoms with van der Waals surface area (Å²) < 4.78 is 45.5. The topological polar surface area (TPSA) is 56.7 Å². The van der Waals surface area contributed by atoms with Crippen LogP contribution in [-0.2, 0) is 12.6 Å². The predicted molar refractivity (Wildman–Crippen MR) is 101 cm³/mol. The van der Waals surface area contributed by atoms with Crippen LogP contribution in [-0.4, -0.2) is 19.9 Å². The molecular weight excluding hydrogens is 381 g/mol. The van der Waals surface area contributed by atoms with E-state index in [9.17, 15) is 13.2 Å². The number of hydrogen-bond donors (Lipinski definition) is 0. The highest BCUT2D eigenvalue weighted by molar-refractivity contribution is 5.62. The Hall–Kier alpha value is -3.42. The van der Waals surface area contributed by atoms with Crippen LogP contribution in [0, 0.1) is 0 Å². The van der Waals surface area contributed by atoms with Gasteiger partial charge in [-0.3, -0.25) is 0 Å². The molecule has 2 aromatic carbocycles. The number of rotatable bonds is 5. The molecule has 0 spiro atoms. The fourth-order valence-corrected chi connectivity index (χ4v) is 3.08. The highest BCUT2D eigenvalue weighted by Crippen LogP contribution is 2.31. The van der Waals surface area contributed by atoms with Gasteiger partial charge in [-0.15, -0.1) is 0 Å². The highest BCUT2D eigenvalue weighted by atomic mass is 19.4. The van der Waals surface area contributed by atoms with Crippen LogP contribution in [0.15, 0.2) is 65.3 Å². The van der Waals surface area contributed by atoms with E-state index in [0.29, 0.717) is 11.1 Å². The van der Waals surface area contributed by atoms with E-state index in [1.54, 1.807) is 6.20 Å². The van der Waals surface area contributed by atoms with Crippen LogP contribution in [0.2, 0.25) is 0 Å². The average molecular weight is 398 g/mol. The van der Waals surface area contributed by atoms with Crippen molar-refractivity contribution in [2.24, 2.45) is 0 Å². The average Bonchev–Trinajstić information content (AvgIpc) is 3.36. The fraction of sp³-hybridized carbons (Fsp3) is 0.190. The highest BCUT2D eigenvalue weighted by Gasteiger charge is 2.30. The van der Waals surface area contributed by atoms with Gasteiger partial charge in [0.1, 0.15) is 0 Å². The number of alkyl halides is 3. The molecule has 4 rings (SSSR count). The van der Waals surface area contributed by atoms with Crippen molar-refractivity contribution in [3.05, 3.63) is 72.1 Å². The van der Waals surface area contributed by atoms with Crippen molar-refractivity contribution in [1.29, 1.82) is 0 Å². The molecule has 0 radical (unpaired) electrons. The summed E-state index contributed by atoms with van der Waals surface area (Å²) >= 11 is 0. The van der Waals surface area contributed by atoms with Gasteiger partial charge in [0.05, 0.1) is 28.7 Å². The van der Waals surface area contributed by atoms with E-state index >= 15 is 0 Å². The van der Waals surface area contributed by atoms with Gasteiger partial charge in [0.2, 0.25) is 5.82 Å². The molecule has 4 aromatic rings. The first-order valence-corrected chi connectivity index (χ1v) is 9.11. The van der Waals surface area contributed by atoms with Crippen molar-refractivity contribution < 1.29 is 17.7 Å². The molecule has 0 amide bonds. The molecule has 29 heavy (non-hydrogen) atoms. The van der Waals surface area contributed by atoms with Gasteiger partial charge in [-0.25, -0.2) is 4.68 Å². The van der Waals surface area contributed by atoms with Crippen molar-refractivity contribution in [2.75, 3.05) is 0 Å². The Labute approximate surface area is 164 Å². The summed E-state index contributed by atoms with van der Waals surface area (Å²) in [7, 11) is 0. The molecule has 0 unspecified atom stereocenters. The van der Waals surface area contributed by atoms with Gasteiger partial charge >= 0.3 is 6.18 Å². The molecule has 0 bridgehead atoms. The Kier molecular flexibility index (Phi) is 4.92. The molecule has 0 saturated heterocycles. The molecule has 0 N–H and O–H groups in total. The van der Waals surface area contributed by atoms with Crippen LogP contribution in [0.3, 0.4) is 0 Å². The van der Waals surface area contributed by atoms with Gasteiger partial charge in [0, 0.05) is 5.56 Å². The molecular formula is C21H17F3N4O. The van der Waals surface area contributed by atoms with Crippen LogP contribution in [0.25, 0.3) is 28.5 Å². The van der Waals surface area contributed by atoms with Crippen molar-refractivity contribution in [3.8, 4) is 28.5 Å². The number of para-hydroxylation sites is 1. The van der Waals surface area contributed by atoms with E-state index in [2.05, 4.69) is 22.2 Å². The molecule has 148 valence electrons. The number of hydrogen-bond acceptors (Lipinski definition) is 4. The smallest absolute Gasteiger partial charge is 0.333 e. The van der Waals surface area contributed by atoms with E-state index in [1.807, 2.05) is 35.0 Å². The SMILES string of the molecule is CCCc1c(-c2nc(-c3ccc(C(F)(F)F)cc3)no2)cnn1-c1ccccc1. The van der Waals surface area contributed by atoms with Crippen molar-refractivity contribution in [1.82, 2.24) is 19.9 Å². The first-order chi connectivity index (χ1) is 14.0. The molecule has 0 aliphatic heterocycles. The van der Waals surface area contributed by atoms with Gasteiger partial charge in [0.25, 0.3) is 5.89 Å². The lowest BCUT2D eigenvalue weighted by molar-refractivity contribution is -0.137. The Morgan fingerprint density at radius 2 is 1.72 bits per heavy atom. The first-order valence-electron chi connectivity index (χ1n) is 9.11. The Morgan fingerprint density at radius 1 is 1.00 bits per heavy atom. The Morgan fingerprint density at radius 3 is 2.38 bits per heavy atom. The lowest BCUT2D eigenvalue weighted by atomic mass is 10.1. The van der Waals surface area contributed by atoms with E-state index in [0.717, 1.165) is 36.4 Å². The third kappa shape index (κ3) is 3.78. The second-order valence-corrected chi connectivity index (χ2v) is 6.50. The number of halogens is 3. The van der Waals surface area contributed by atoms with Gasteiger partial charge in [0.15, 0.2) is 0 Å². The second kappa shape index (κ2) is 7.54. The third-order valence-corrected chi connectivity index (χ3v) is 4.48. The molecule has 0 saturated carbocycles. The van der Waals surface area contributed by atoms with E-state index < -0.39 is 11.7 Å². The third-order valence-electron chi connectivity index (χ3n) is 4.48. The lowest BCUT2D eigenvalue weighted by Gasteiger charge is -2.07. The zero-order chi connectivity index (χ0) is 20.4. The standard InChI is InChI=1S/C21H17F3N4O/c1-2-6-18-17(13-25-28(18)16-7-4-3-5-8-16)20-26-19(27-29-20)14-9-11-15(12-10-14)21(22,23)24/h3-5,7-13H,2,6H2,1H3. The molecule has 2 heterocycles. The molecule has 8 heteroatoms. The molecule has 0 aliphatic carbocycles. The zero-order valence-electron chi connectivity index (χ0n) is 15.5. The summed E-state index contributed by atoms with van der Waals surface area (Å²) in [4.78, 5) is 4.38. The number of aromatic nitrogens is 4. The minimum Gasteiger partial charge on any atom is -0.333 e. The monoisotopic (exact) mass is 398 g/mol. The van der Waals surface area contributed by atoms with Crippen molar-refractivity contribution in [2.45, 2.75) is 25.9 Å².